The van der Waals surface area contributed by atoms with Gasteiger partial charge >= 0.3 is 6.09 Å². The number of rotatable bonds is 5. The number of aromatic nitrogens is 3. The summed E-state index contributed by atoms with van der Waals surface area (Å²) in [6.45, 7) is 0.0241. The number of fused-ring (bicyclic) bond motifs is 4. The third kappa shape index (κ3) is 4.61. The molecule has 0 bridgehead atoms. The summed E-state index contributed by atoms with van der Waals surface area (Å²) < 4.78 is 35.8. The monoisotopic (exact) mass is 575 g/mol. The molecule has 0 atom stereocenters. The Morgan fingerprint density at radius 2 is 1.78 bits per heavy atom. The summed E-state index contributed by atoms with van der Waals surface area (Å²) in [6.07, 6.45) is 4.24. The van der Waals surface area contributed by atoms with E-state index in [1.807, 2.05) is 34.9 Å². The van der Waals surface area contributed by atoms with E-state index in [2.05, 4.69) is 14.7 Å². The topological polar surface area (TPSA) is 153 Å². The molecule has 13 heteroatoms. The molecular weight excluding hydrogens is 546 g/mol. The van der Waals surface area contributed by atoms with Crippen molar-refractivity contribution < 1.29 is 22.7 Å². The first-order valence-electron chi connectivity index (χ1n) is 13.3. The van der Waals surface area contributed by atoms with Gasteiger partial charge in [0.1, 0.15) is 23.6 Å². The van der Waals surface area contributed by atoms with E-state index >= 15 is 0 Å². The minimum atomic E-state index is -3.99. The molecule has 2 aromatic carbocycles. The van der Waals surface area contributed by atoms with E-state index in [0.717, 1.165) is 29.8 Å². The van der Waals surface area contributed by atoms with Crippen LogP contribution in [0.25, 0.3) is 11.0 Å². The predicted octanol–water partition coefficient (Wildman–Crippen LogP) is 4.00. The Morgan fingerprint density at radius 3 is 2.49 bits per heavy atom. The van der Waals surface area contributed by atoms with Crippen molar-refractivity contribution in [1.82, 2.24) is 19.5 Å². The number of hydrazine groups is 1. The highest BCUT2D eigenvalue weighted by molar-refractivity contribution is 7.92. The van der Waals surface area contributed by atoms with Crippen molar-refractivity contribution in [1.29, 1.82) is 0 Å². The SMILES string of the molecule is CN1c2cc3cnc(NS(=O)(=O)c4ccc(N)cc4)nc3n2C2(CCCCC2)C(=O)N1C(=O)OCc1ccccc1. The van der Waals surface area contributed by atoms with Crippen LogP contribution in [-0.2, 0) is 31.7 Å². The van der Waals surface area contributed by atoms with Gasteiger partial charge in [-0.1, -0.05) is 49.6 Å². The minimum absolute atomic E-state index is 0.0101. The zero-order chi connectivity index (χ0) is 28.8. The third-order valence-corrected chi connectivity index (χ3v) is 8.99. The van der Waals surface area contributed by atoms with Crippen LogP contribution in [-0.4, -0.2) is 47.0 Å². The predicted molar refractivity (Wildman–Crippen MR) is 152 cm³/mol. The van der Waals surface area contributed by atoms with Crippen molar-refractivity contribution >= 4 is 50.5 Å². The molecule has 41 heavy (non-hydrogen) atoms. The van der Waals surface area contributed by atoms with Crippen molar-refractivity contribution in [2.24, 2.45) is 0 Å². The van der Waals surface area contributed by atoms with Crippen molar-refractivity contribution in [2.45, 2.75) is 49.1 Å². The van der Waals surface area contributed by atoms with Gasteiger partial charge in [-0.3, -0.25) is 14.4 Å². The Hall–Kier alpha value is -4.65. The molecule has 2 aliphatic rings. The number of ether oxygens (including phenoxy) is 1. The Labute approximate surface area is 236 Å². The number of nitrogen functional groups attached to an aromatic ring is 1. The van der Waals surface area contributed by atoms with Crippen molar-refractivity contribution in [2.75, 3.05) is 22.5 Å². The zero-order valence-electron chi connectivity index (χ0n) is 22.4. The van der Waals surface area contributed by atoms with E-state index in [4.69, 9.17) is 10.5 Å². The Balaban J connectivity index is 1.38. The molecule has 2 amide bonds. The quantitative estimate of drug-likeness (QED) is 0.336. The molecule has 0 unspecified atom stereocenters. The van der Waals surface area contributed by atoms with Crippen LogP contribution in [0.15, 0.2) is 71.8 Å². The van der Waals surface area contributed by atoms with Gasteiger partial charge in [-0.2, -0.15) is 4.98 Å². The number of hydrogen-bond acceptors (Lipinski definition) is 9. The molecule has 2 aromatic heterocycles. The van der Waals surface area contributed by atoms with Crippen LogP contribution >= 0.6 is 0 Å². The first-order chi connectivity index (χ1) is 19.7. The van der Waals surface area contributed by atoms with E-state index in [1.165, 1.54) is 35.5 Å². The summed E-state index contributed by atoms with van der Waals surface area (Å²) in [5.74, 6) is -0.00244. The average Bonchev–Trinajstić information content (AvgIpc) is 3.36. The van der Waals surface area contributed by atoms with Crippen LogP contribution in [0.4, 0.5) is 22.2 Å². The van der Waals surface area contributed by atoms with Gasteiger partial charge in [0.2, 0.25) is 5.95 Å². The average molecular weight is 576 g/mol. The largest absolute Gasteiger partial charge is 0.443 e. The fourth-order valence-corrected chi connectivity index (χ4v) is 6.55. The number of anilines is 3. The first-order valence-corrected chi connectivity index (χ1v) is 14.7. The number of nitrogens with one attached hydrogen (secondary N) is 1. The molecule has 6 rings (SSSR count). The van der Waals surface area contributed by atoms with Crippen LogP contribution in [0.1, 0.15) is 37.7 Å². The summed E-state index contributed by atoms with van der Waals surface area (Å²) in [6, 6.07) is 16.8. The number of amides is 2. The number of sulfonamides is 1. The molecule has 1 aliphatic heterocycles. The van der Waals surface area contributed by atoms with Crippen LogP contribution < -0.4 is 15.5 Å². The Morgan fingerprint density at radius 1 is 1.07 bits per heavy atom. The van der Waals surface area contributed by atoms with E-state index in [0.29, 0.717) is 35.4 Å². The molecule has 1 spiro atoms. The second-order valence-electron chi connectivity index (χ2n) is 10.3. The Bertz CT molecular complexity index is 1730. The summed E-state index contributed by atoms with van der Waals surface area (Å²) in [7, 11) is -2.38. The highest BCUT2D eigenvalue weighted by atomic mass is 32.2. The lowest BCUT2D eigenvalue weighted by Gasteiger charge is -2.48. The number of imide groups is 1. The lowest BCUT2D eigenvalue weighted by molar-refractivity contribution is -0.143. The fraction of sp³-hybridized carbons (Fsp3) is 0.286. The molecule has 0 saturated heterocycles. The maximum absolute atomic E-state index is 14.2. The van der Waals surface area contributed by atoms with E-state index in [1.54, 1.807) is 13.1 Å². The maximum Gasteiger partial charge on any atom is 0.436 e. The number of carbonyl (C=O) groups excluding carboxylic acids is 2. The van der Waals surface area contributed by atoms with Gasteiger partial charge < -0.3 is 10.5 Å². The van der Waals surface area contributed by atoms with Gasteiger partial charge in [-0.05, 0) is 48.7 Å². The summed E-state index contributed by atoms with van der Waals surface area (Å²) in [5.41, 5.74) is 6.24. The zero-order valence-corrected chi connectivity index (χ0v) is 23.2. The van der Waals surface area contributed by atoms with Crippen molar-refractivity contribution in [3.05, 3.63) is 72.4 Å². The van der Waals surface area contributed by atoms with Gasteiger partial charge in [0.15, 0.2) is 0 Å². The van der Waals surface area contributed by atoms with Crippen LogP contribution in [0.3, 0.4) is 0 Å². The normalized spacial score (nSPS) is 16.6. The van der Waals surface area contributed by atoms with Gasteiger partial charge in [0.05, 0.1) is 4.90 Å². The smallest absolute Gasteiger partial charge is 0.436 e. The van der Waals surface area contributed by atoms with Crippen LogP contribution in [0, 0.1) is 0 Å². The molecule has 12 nitrogen and oxygen atoms in total. The van der Waals surface area contributed by atoms with E-state index < -0.39 is 27.6 Å². The number of nitrogens with zero attached hydrogens (tertiary/aromatic N) is 5. The van der Waals surface area contributed by atoms with Crippen molar-refractivity contribution in [3.63, 3.8) is 0 Å². The summed E-state index contributed by atoms with van der Waals surface area (Å²) >= 11 is 0. The van der Waals surface area contributed by atoms with Crippen LogP contribution in [0.5, 0.6) is 0 Å². The third-order valence-electron chi connectivity index (χ3n) is 7.65. The number of carbonyl (C=O) groups is 2. The van der Waals surface area contributed by atoms with Gasteiger partial charge in [0, 0.05) is 24.3 Å². The lowest BCUT2D eigenvalue weighted by Crippen LogP contribution is -2.63. The molecule has 4 aromatic rings. The van der Waals surface area contributed by atoms with Gasteiger partial charge in [0.25, 0.3) is 15.9 Å². The second-order valence-corrected chi connectivity index (χ2v) is 11.9. The molecule has 1 aliphatic carbocycles. The Kier molecular flexibility index (Phi) is 6.53. The lowest BCUT2D eigenvalue weighted by atomic mass is 9.80. The molecule has 3 N–H and O–H groups in total. The molecule has 1 fully saturated rings. The number of benzene rings is 2. The first kappa shape index (κ1) is 26.6. The van der Waals surface area contributed by atoms with Gasteiger partial charge in [-0.25, -0.2) is 22.9 Å². The molecular formula is C28H29N7O5S. The van der Waals surface area contributed by atoms with Crippen LogP contribution in [0.2, 0.25) is 0 Å². The maximum atomic E-state index is 14.2. The molecule has 212 valence electrons. The summed E-state index contributed by atoms with van der Waals surface area (Å²) in [4.78, 5) is 36.3. The standard InChI is InChI=1S/C28H29N7O5S/c1-33-23-16-20-17-30-26(32-41(38,39)22-12-10-21(29)11-13-22)31-24(20)34(23)28(14-6-3-7-15-28)25(36)35(33)27(37)40-18-19-8-4-2-5-9-19/h2,4-5,8-13,16-17H,3,6-7,14-15,18,29H2,1H3,(H,30,31,32). The molecule has 3 heterocycles. The highest BCUT2D eigenvalue weighted by Crippen LogP contribution is 2.46. The van der Waals surface area contributed by atoms with Gasteiger partial charge in [-0.15, -0.1) is 5.01 Å². The highest BCUT2D eigenvalue weighted by Gasteiger charge is 2.53. The minimum Gasteiger partial charge on any atom is -0.443 e. The van der Waals surface area contributed by atoms with E-state index in [9.17, 15) is 18.0 Å². The molecule has 0 radical (unpaired) electrons. The van der Waals surface area contributed by atoms with Crippen molar-refractivity contribution in [3.8, 4) is 0 Å². The number of hydrogen-bond donors (Lipinski definition) is 2. The molecule has 1 saturated carbocycles. The fourth-order valence-electron chi connectivity index (χ4n) is 5.60. The summed E-state index contributed by atoms with van der Waals surface area (Å²) in [5, 5.41) is 3.11. The van der Waals surface area contributed by atoms with E-state index in [-0.39, 0.29) is 17.5 Å². The number of nitrogens with two attached hydrogens (primary N) is 1. The second kappa shape index (κ2) is 10.1.